The van der Waals surface area contributed by atoms with E-state index in [1.807, 2.05) is 13.0 Å². The minimum atomic E-state index is -1.35. The molecule has 0 spiro atoms. The third-order valence-corrected chi connectivity index (χ3v) is 8.84. The Balaban J connectivity index is 1.72. The van der Waals surface area contributed by atoms with Crippen LogP contribution in [0.4, 0.5) is 0 Å². The summed E-state index contributed by atoms with van der Waals surface area (Å²) in [6.45, 7) is 3.73. The van der Waals surface area contributed by atoms with Crippen LogP contribution in [0.3, 0.4) is 0 Å². The molecule has 0 radical (unpaired) electrons. The summed E-state index contributed by atoms with van der Waals surface area (Å²) in [4.78, 5) is 11.9. The first-order chi connectivity index (χ1) is 12.2. The fraction of sp³-hybridized carbons (Fsp3) is 0.857. The Labute approximate surface area is 155 Å². The number of aliphatic hydroxyl groups is 4. The molecule has 0 amide bonds. The smallest absolute Gasteiger partial charge is 0.155 e. The number of ketones is 1. The van der Waals surface area contributed by atoms with E-state index in [9.17, 15) is 25.2 Å². The predicted molar refractivity (Wildman–Crippen MR) is 96.1 cm³/mol. The van der Waals surface area contributed by atoms with E-state index in [2.05, 4.69) is 6.92 Å². The lowest BCUT2D eigenvalue weighted by molar-refractivity contribution is -0.207. The van der Waals surface area contributed by atoms with Gasteiger partial charge in [0.2, 0.25) is 0 Å². The SMILES string of the molecule is C[C@]12CCC(=O)C=C1CC[C@@H]1[C@@H]2[C@H](O)C[C@@]2(C)[C@H]1CC[C@]2(O)[C@@H](O)CO. The summed E-state index contributed by atoms with van der Waals surface area (Å²) in [6.07, 6.45) is 4.92. The van der Waals surface area contributed by atoms with Crippen molar-refractivity contribution in [1.82, 2.24) is 0 Å². The van der Waals surface area contributed by atoms with Gasteiger partial charge in [0, 0.05) is 11.8 Å². The summed E-state index contributed by atoms with van der Waals surface area (Å²) in [6, 6.07) is 0. The standard InChI is InChI=1S/C21H32O5/c1-19-7-5-13(23)9-12(19)3-4-14-15-6-8-21(26,17(25)11-22)20(15,2)10-16(24)18(14)19/h9,14-18,22,24-26H,3-8,10-11H2,1-2H3/t14-,15-,16+,17-,18+,19-,20-,21-/m0/s1. The molecular formula is C21H32O5. The van der Waals surface area contributed by atoms with Crippen molar-refractivity contribution >= 4 is 5.78 Å². The summed E-state index contributed by atoms with van der Waals surface area (Å²) >= 11 is 0. The van der Waals surface area contributed by atoms with Crippen molar-refractivity contribution in [2.75, 3.05) is 6.61 Å². The zero-order valence-corrected chi connectivity index (χ0v) is 15.8. The summed E-state index contributed by atoms with van der Waals surface area (Å²) < 4.78 is 0. The number of aliphatic hydroxyl groups excluding tert-OH is 3. The Morgan fingerprint density at radius 3 is 2.65 bits per heavy atom. The van der Waals surface area contributed by atoms with Crippen molar-refractivity contribution < 1.29 is 25.2 Å². The molecule has 0 aromatic rings. The van der Waals surface area contributed by atoms with Gasteiger partial charge in [-0.2, -0.15) is 0 Å². The maximum Gasteiger partial charge on any atom is 0.155 e. The van der Waals surface area contributed by atoms with E-state index in [4.69, 9.17) is 0 Å². The van der Waals surface area contributed by atoms with Crippen molar-refractivity contribution in [2.24, 2.45) is 28.6 Å². The van der Waals surface area contributed by atoms with Crippen molar-refractivity contribution in [3.8, 4) is 0 Å². The first-order valence-corrected chi connectivity index (χ1v) is 10.1. The highest BCUT2D eigenvalue weighted by Crippen LogP contribution is 2.67. The average Bonchev–Trinajstić information content (AvgIpc) is 2.86. The fourth-order valence-electron chi connectivity index (χ4n) is 7.42. The molecular weight excluding hydrogens is 332 g/mol. The monoisotopic (exact) mass is 364 g/mol. The molecule has 26 heavy (non-hydrogen) atoms. The summed E-state index contributed by atoms with van der Waals surface area (Å²) in [5, 5.41) is 42.3. The fourth-order valence-corrected chi connectivity index (χ4v) is 7.42. The molecule has 4 aliphatic rings. The normalized spacial score (nSPS) is 51.9. The topological polar surface area (TPSA) is 98.0 Å². The van der Waals surface area contributed by atoms with E-state index >= 15 is 0 Å². The first kappa shape index (κ1) is 18.6. The molecule has 4 aliphatic carbocycles. The van der Waals surface area contributed by atoms with Gasteiger partial charge in [-0.15, -0.1) is 0 Å². The molecule has 0 aromatic heterocycles. The molecule has 4 rings (SSSR count). The van der Waals surface area contributed by atoms with E-state index in [1.165, 1.54) is 5.57 Å². The Kier molecular flexibility index (Phi) is 4.20. The lowest BCUT2D eigenvalue weighted by Gasteiger charge is -2.61. The van der Waals surface area contributed by atoms with Crippen LogP contribution >= 0.6 is 0 Å². The molecule has 5 heteroatoms. The number of carbonyl (C=O) groups is 1. The van der Waals surface area contributed by atoms with Gasteiger partial charge in [0.05, 0.1) is 18.3 Å². The van der Waals surface area contributed by atoms with Gasteiger partial charge < -0.3 is 20.4 Å². The number of rotatable bonds is 2. The zero-order valence-electron chi connectivity index (χ0n) is 15.8. The summed E-state index contributed by atoms with van der Waals surface area (Å²) in [7, 11) is 0. The maximum atomic E-state index is 11.9. The molecule has 0 heterocycles. The molecule has 0 aromatic carbocycles. The van der Waals surface area contributed by atoms with Gasteiger partial charge >= 0.3 is 0 Å². The van der Waals surface area contributed by atoms with Crippen molar-refractivity contribution in [3.05, 3.63) is 11.6 Å². The van der Waals surface area contributed by atoms with Crippen LogP contribution in [0, 0.1) is 28.6 Å². The lowest BCUT2D eigenvalue weighted by atomic mass is 9.45. The Bertz CT molecular complexity index is 644. The highest BCUT2D eigenvalue weighted by Gasteiger charge is 2.67. The quantitative estimate of drug-likeness (QED) is 0.596. The minimum Gasteiger partial charge on any atom is -0.394 e. The zero-order chi connectivity index (χ0) is 18.9. The van der Waals surface area contributed by atoms with Crippen molar-refractivity contribution in [3.63, 3.8) is 0 Å². The van der Waals surface area contributed by atoms with E-state index in [-0.39, 0.29) is 29.0 Å². The number of carbonyl (C=O) groups excluding carboxylic acids is 1. The average molecular weight is 364 g/mol. The number of hydrogen-bond acceptors (Lipinski definition) is 5. The highest BCUT2D eigenvalue weighted by molar-refractivity contribution is 5.91. The van der Waals surface area contributed by atoms with Gasteiger partial charge in [0.1, 0.15) is 6.10 Å². The highest BCUT2D eigenvalue weighted by atomic mass is 16.4. The van der Waals surface area contributed by atoms with Gasteiger partial charge in [-0.05, 0) is 67.8 Å². The molecule has 0 unspecified atom stereocenters. The van der Waals surface area contributed by atoms with Crippen LogP contribution in [0.25, 0.3) is 0 Å². The van der Waals surface area contributed by atoms with Crippen molar-refractivity contribution in [2.45, 2.75) is 76.6 Å². The van der Waals surface area contributed by atoms with Gasteiger partial charge in [-0.3, -0.25) is 4.79 Å². The van der Waals surface area contributed by atoms with Crippen molar-refractivity contribution in [1.29, 1.82) is 0 Å². The molecule has 3 saturated carbocycles. The molecule has 0 bridgehead atoms. The third-order valence-electron chi connectivity index (χ3n) is 8.84. The van der Waals surface area contributed by atoms with Crippen LogP contribution in [0.2, 0.25) is 0 Å². The summed E-state index contributed by atoms with van der Waals surface area (Å²) in [5.41, 5.74) is -0.898. The molecule has 3 fully saturated rings. The maximum absolute atomic E-state index is 11.9. The van der Waals surface area contributed by atoms with Gasteiger partial charge in [-0.25, -0.2) is 0 Å². The molecule has 146 valence electrons. The first-order valence-electron chi connectivity index (χ1n) is 10.1. The van der Waals surface area contributed by atoms with Gasteiger partial charge in [0.25, 0.3) is 0 Å². The van der Waals surface area contributed by atoms with Crippen LogP contribution < -0.4 is 0 Å². The van der Waals surface area contributed by atoms with Crippen LogP contribution in [0.5, 0.6) is 0 Å². The van der Waals surface area contributed by atoms with E-state index in [0.29, 0.717) is 19.3 Å². The van der Waals surface area contributed by atoms with Crippen LogP contribution in [-0.2, 0) is 4.79 Å². The van der Waals surface area contributed by atoms with Crippen LogP contribution in [0.1, 0.15) is 58.8 Å². The van der Waals surface area contributed by atoms with Gasteiger partial charge in [-0.1, -0.05) is 19.4 Å². The molecule has 0 aliphatic heterocycles. The van der Waals surface area contributed by atoms with E-state index < -0.39 is 29.8 Å². The largest absolute Gasteiger partial charge is 0.394 e. The molecule has 5 nitrogen and oxygen atoms in total. The Morgan fingerprint density at radius 1 is 1.23 bits per heavy atom. The number of allylic oxidation sites excluding steroid dienone is 1. The van der Waals surface area contributed by atoms with Gasteiger partial charge in [0.15, 0.2) is 5.78 Å². The minimum absolute atomic E-state index is 0.0993. The second-order valence-corrected chi connectivity index (χ2v) is 9.74. The Hall–Kier alpha value is -0.750. The van der Waals surface area contributed by atoms with Crippen LogP contribution in [0.15, 0.2) is 11.6 Å². The van der Waals surface area contributed by atoms with E-state index in [0.717, 1.165) is 25.7 Å². The lowest BCUT2D eigenvalue weighted by Crippen LogP contribution is -2.63. The Morgan fingerprint density at radius 2 is 1.96 bits per heavy atom. The number of hydrogen-bond donors (Lipinski definition) is 4. The third kappa shape index (κ3) is 2.20. The van der Waals surface area contributed by atoms with Crippen LogP contribution in [-0.4, -0.2) is 50.6 Å². The van der Waals surface area contributed by atoms with E-state index in [1.54, 1.807) is 0 Å². The second kappa shape index (κ2) is 5.87. The second-order valence-electron chi connectivity index (χ2n) is 9.74. The molecule has 0 saturated heterocycles. The number of fused-ring (bicyclic) bond motifs is 5. The predicted octanol–water partition coefficient (Wildman–Crippen LogP) is 1.57. The molecule has 4 N–H and O–H groups in total. The molecule has 8 atom stereocenters. The summed E-state index contributed by atoms with van der Waals surface area (Å²) in [5.74, 6) is 0.798.